The SMILES string of the molecule is Clc1ccc2c(c1)CCc1cccnc1C2Cl.Clc1ccc2c(c1)CCc1cccnc1C2N1CCNCC1. The number of alkyl halides is 1. The number of fused-ring (bicyclic) bond motifs is 4. The summed E-state index contributed by atoms with van der Waals surface area (Å²) in [5, 5.41) is 4.88. The van der Waals surface area contributed by atoms with Crippen LogP contribution in [-0.2, 0) is 25.7 Å². The van der Waals surface area contributed by atoms with E-state index in [0.717, 1.165) is 73.2 Å². The Morgan fingerprint density at radius 2 is 1.21 bits per heavy atom. The summed E-state index contributed by atoms with van der Waals surface area (Å²) in [5.74, 6) is 0. The molecule has 2 atom stereocenters. The molecule has 1 aliphatic heterocycles. The van der Waals surface area contributed by atoms with Gasteiger partial charge in [0.2, 0.25) is 0 Å². The molecule has 1 saturated heterocycles. The van der Waals surface area contributed by atoms with Crippen molar-refractivity contribution in [1.29, 1.82) is 0 Å². The quantitative estimate of drug-likeness (QED) is 0.248. The molecule has 0 amide bonds. The molecule has 3 heterocycles. The van der Waals surface area contributed by atoms with Gasteiger partial charge in [-0.05, 0) is 95.5 Å². The molecule has 1 fully saturated rings. The minimum Gasteiger partial charge on any atom is -0.314 e. The summed E-state index contributed by atoms with van der Waals surface area (Å²) in [6.45, 7) is 4.20. The largest absolute Gasteiger partial charge is 0.314 e. The number of piperazine rings is 1. The zero-order valence-electron chi connectivity index (χ0n) is 21.7. The number of hydrogen-bond acceptors (Lipinski definition) is 4. The van der Waals surface area contributed by atoms with Crippen LogP contribution in [0, 0.1) is 0 Å². The van der Waals surface area contributed by atoms with Gasteiger partial charge >= 0.3 is 0 Å². The summed E-state index contributed by atoms with van der Waals surface area (Å²) in [6, 6.07) is 20.9. The number of nitrogens with zero attached hydrogens (tertiary/aromatic N) is 3. The van der Waals surface area contributed by atoms with Gasteiger partial charge in [0.15, 0.2) is 0 Å². The summed E-state index contributed by atoms with van der Waals surface area (Å²) < 4.78 is 0. The molecule has 1 N–H and O–H groups in total. The molecule has 3 aliphatic rings. The molecule has 0 radical (unpaired) electrons. The van der Waals surface area contributed by atoms with Crippen LogP contribution in [0.15, 0.2) is 73.1 Å². The molecule has 7 rings (SSSR count). The molecule has 4 aromatic rings. The third-order valence-electron chi connectivity index (χ3n) is 7.97. The van der Waals surface area contributed by atoms with Crippen molar-refractivity contribution >= 4 is 34.8 Å². The van der Waals surface area contributed by atoms with Gasteiger partial charge in [-0.1, -0.05) is 47.5 Å². The monoisotopic (exact) mass is 576 g/mol. The zero-order valence-corrected chi connectivity index (χ0v) is 24.0. The first-order chi connectivity index (χ1) is 19.1. The molecule has 39 heavy (non-hydrogen) atoms. The summed E-state index contributed by atoms with van der Waals surface area (Å²) in [4.78, 5) is 11.7. The topological polar surface area (TPSA) is 41.1 Å². The van der Waals surface area contributed by atoms with E-state index in [0.29, 0.717) is 0 Å². The smallest absolute Gasteiger partial charge is 0.101 e. The third kappa shape index (κ3) is 5.73. The lowest BCUT2D eigenvalue weighted by Crippen LogP contribution is -2.45. The van der Waals surface area contributed by atoms with Crippen LogP contribution in [0.25, 0.3) is 0 Å². The summed E-state index contributed by atoms with van der Waals surface area (Å²) in [6.07, 6.45) is 7.75. The standard InChI is InChI=1S/C18H20ClN3.C14H11Cl2N/c19-15-5-6-16-14(12-15)4-3-13-2-1-7-21-17(13)18(16)22-10-8-20-9-11-22;15-11-5-6-12-10(8-11)4-3-9-2-1-7-17-14(9)13(12)16/h1-2,5-7,12,18,20H,3-4,8-11H2;1-2,5-8,13H,3-4H2. The minimum absolute atomic E-state index is 0.166. The Morgan fingerprint density at radius 1 is 0.667 bits per heavy atom. The van der Waals surface area contributed by atoms with Gasteiger partial charge in [-0.25, -0.2) is 0 Å². The first-order valence-corrected chi connectivity index (χ1v) is 14.8. The highest BCUT2D eigenvalue weighted by Gasteiger charge is 2.30. The molecular formula is C32H31Cl3N4. The first kappa shape index (κ1) is 26.7. The normalized spacial score (nSPS) is 20.2. The van der Waals surface area contributed by atoms with Gasteiger partial charge in [-0.2, -0.15) is 0 Å². The number of nitrogens with one attached hydrogen (secondary N) is 1. The van der Waals surface area contributed by atoms with Crippen molar-refractivity contribution in [2.24, 2.45) is 0 Å². The summed E-state index contributed by atoms with van der Waals surface area (Å²) in [7, 11) is 0. The van der Waals surface area contributed by atoms with Gasteiger partial charge < -0.3 is 5.32 Å². The van der Waals surface area contributed by atoms with Gasteiger partial charge in [0.25, 0.3) is 0 Å². The molecule has 7 heteroatoms. The number of pyridine rings is 2. The van der Waals surface area contributed by atoms with Gasteiger partial charge in [0.05, 0.1) is 17.4 Å². The van der Waals surface area contributed by atoms with Crippen LogP contribution >= 0.6 is 34.8 Å². The highest BCUT2D eigenvalue weighted by atomic mass is 35.5. The maximum Gasteiger partial charge on any atom is 0.101 e. The number of aromatic nitrogens is 2. The van der Waals surface area contributed by atoms with Gasteiger partial charge in [-0.15, -0.1) is 11.6 Å². The van der Waals surface area contributed by atoms with Crippen LogP contribution in [0.3, 0.4) is 0 Å². The number of benzene rings is 2. The highest BCUT2D eigenvalue weighted by molar-refractivity contribution is 6.31. The molecule has 0 spiro atoms. The van der Waals surface area contributed by atoms with E-state index < -0.39 is 0 Å². The summed E-state index contributed by atoms with van der Waals surface area (Å²) >= 11 is 18.8. The highest BCUT2D eigenvalue weighted by Crippen LogP contribution is 2.38. The molecule has 0 saturated carbocycles. The fourth-order valence-electron chi connectivity index (χ4n) is 6.04. The zero-order chi connectivity index (χ0) is 26.8. The molecule has 2 aromatic heterocycles. The molecule has 0 bridgehead atoms. The maximum absolute atomic E-state index is 6.53. The average Bonchev–Trinajstić information content (AvgIpc) is 3.22. The van der Waals surface area contributed by atoms with Crippen molar-refractivity contribution in [2.75, 3.05) is 26.2 Å². The van der Waals surface area contributed by atoms with E-state index in [-0.39, 0.29) is 11.4 Å². The van der Waals surface area contributed by atoms with Crippen molar-refractivity contribution in [3.63, 3.8) is 0 Å². The second-order valence-corrected chi connectivity index (χ2v) is 11.6. The Labute approximate surface area is 245 Å². The first-order valence-electron chi connectivity index (χ1n) is 13.6. The Kier molecular flexibility index (Phi) is 8.20. The molecule has 2 unspecified atom stereocenters. The predicted molar refractivity (Wildman–Crippen MR) is 160 cm³/mol. The minimum atomic E-state index is -0.166. The molecule has 4 nitrogen and oxygen atoms in total. The van der Waals surface area contributed by atoms with E-state index in [4.69, 9.17) is 39.8 Å². The lowest BCUT2D eigenvalue weighted by molar-refractivity contribution is 0.195. The Hall–Kier alpha value is -2.47. The second-order valence-electron chi connectivity index (χ2n) is 10.3. The number of aryl methyl sites for hydroxylation is 4. The van der Waals surface area contributed by atoms with Crippen molar-refractivity contribution < 1.29 is 0 Å². The van der Waals surface area contributed by atoms with Crippen LogP contribution < -0.4 is 5.32 Å². The average molecular weight is 578 g/mol. The Balaban J connectivity index is 0.000000147. The van der Waals surface area contributed by atoms with E-state index >= 15 is 0 Å². The van der Waals surface area contributed by atoms with E-state index in [1.165, 1.54) is 33.5 Å². The van der Waals surface area contributed by atoms with E-state index in [1.807, 2.05) is 36.5 Å². The Bertz CT molecular complexity index is 1470. The third-order valence-corrected chi connectivity index (χ3v) is 8.89. The van der Waals surface area contributed by atoms with E-state index in [9.17, 15) is 0 Å². The lowest BCUT2D eigenvalue weighted by atomic mass is 9.96. The fraction of sp³-hybridized carbons (Fsp3) is 0.312. The van der Waals surface area contributed by atoms with Gasteiger partial charge in [-0.3, -0.25) is 14.9 Å². The molecular weight excluding hydrogens is 547 g/mol. The van der Waals surface area contributed by atoms with Crippen LogP contribution in [0.4, 0.5) is 0 Å². The van der Waals surface area contributed by atoms with Crippen molar-refractivity contribution in [3.8, 4) is 0 Å². The fourth-order valence-corrected chi connectivity index (χ4v) is 6.84. The second kappa shape index (κ2) is 12.0. The van der Waals surface area contributed by atoms with Crippen molar-refractivity contribution in [2.45, 2.75) is 37.1 Å². The van der Waals surface area contributed by atoms with Crippen molar-refractivity contribution in [1.82, 2.24) is 20.2 Å². The van der Waals surface area contributed by atoms with Crippen LogP contribution in [0.2, 0.25) is 10.0 Å². The molecule has 200 valence electrons. The van der Waals surface area contributed by atoms with Crippen molar-refractivity contribution in [3.05, 3.63) is 128 Å². The van der Waals surface area contributed by atoms with Crippen LogP contribution in [-0.4, -0.2) is 41.0 Å². The molecule has 2 aromatic carbocycles. The van der Waals surface area contributed by atoms with Crippen LogP contribution in [0.1, 0.15) is 56.2 Å². The maximum atomic E-state index is 6.53. The number of hydrogen-bond donors (Lipinski definition) is 1. The lowest BCUT2D eigenvalue weighted by Gasteiger charge is -2.35. The van der Waals surface area contributed by atoms with E-state index in [1.54, 1.807) is 6.20 Å². The van der Waals surface area contributed by atoms with Crippen LogP contribution in [0.5, 0.6) is 0 Å². The number of halogens is 3. The van der Waals surface area contributed by atoms with E-state index in [2.05, 4.69) is 45.5 Å². The molecule has 2 aliphatic carbocycles. The Morgan fingerprint density at radius 3 is 1.87 bits per heavy atom. The van der Waals surface area contributed by atoms with Gasteiger partial charge in [0, 0.05) is 48.6 Å². The predicted octanol–water partition coefficient (Wildman–Crippen LogP) is 6.99. The number of rotatable bonds is 1. The van der Waals surface area contributed by atoms with Gasteiger partial charge in [0.1, 0.15) is 5.38 Å². The summed E-state index contributed by atoms with van der Waals surface area (Å²) in [5.41, 5.74) is 9.93.